The van der Waals surface area contributed by atoms with Crippen LogP contribution in [0.15, 0.2) is 42.5 Å². The van der Waals surface area contributed by atoms with Gasteiger partial charge < -0.3 is 20.4 Å². The van der Waals surface area contributed by atoms with E-state index in [1.165, 1.54) is 5.69 Å². The number of halogens is 1. The Kier molecular flexibility index (Phi) is 7.46. The molecule has 0 radical (unpaired) electrons. The molecule has 32 heavy (non-hydrogen) atoms. The molecule has 6 nitrogen and oxygen atoms in total. The fourth-order valence-corrected chi connectivity index (χ4v) is 5.34. The largest absolute Gasteiger partial charge is 0.369 e. The third-order valence-corrected chi connectivity index (χ3v) is 7.51. The minimum Gasteiger partial charge on any atom is -0.369 e. The number of thioether (sulfide) groups is 1. The van der Waals surface area contributed by atoms with Gasteiger partial charge in [0.25, 0.3) is 0 Å². The number of nitrogens with one attached hydrogen (secondary N) is 2. The van der Waals surface area contributed by atoms with Gasteiger partial charge in [-0.2, -0.15) is 17.0 Å². The van der Waals surface area contributed by atoms with Crippen LogP contribution >= 0.6 is 23.4 Å². The van der Waals surface area contributed by atoms with E-state index in [0.717, 1.165) is 56.0 Å². The summed E-state index contributed by atoms with van der Waals surface area (Å²) < 4.78 is 0. The minimum atomic E-state index is -0.330. The summed E-state index contributed by atoms with van der Waals surface area (Å²) in [6, 6.07) is 16.3. The number of rotatable bonds is 6. The van der Waals surface area contributed by atoms with Crippen molar-refractivity contribution < 1.29 is 4.79 Å². The van der Waals surface area contributed by atoms with Gasteiger partial charge in [-0.05, 0) is 48.1 Å². The van der Waals surface area contributed by atoms with Crippen molar-refractivity contribution in [2.45, 2.75) is 17.7 Å². The Morgan fingerprint density at radius 3 is 2.62 bits per heavy atom. The van der Waals surface area contributed by atoms with E-state index in [4.69, 9.17) is 16.9 Å². The Balaban J connectivity index is 1.59. The molecule has 0 aromatic heterocycles. The van der Waals surface area contributed by atoms with Crippen molar-refractivity contribution in [3.05, 3.63) is 47.5 Å². The number of carbonyl (C=O) groups excluding carboxylic acids is 1. The van der Waals surface area contributed by atoms with Crippen molar-refractivity contribution in [1.29, 1.82) is 5.26 Å². The van der Waals surface area contributed by atoms with Gasteiger partial charge in [-0.15, -0.1) is 0 Å². The van der Waals surface area contributed by atoms with Crippen LogP contribution in [-0.4, -0.2) is 62.7 Å². The van der Waals surface area contributed by atoms with Gasteiger partial charge in [0.2, 0.25) is 5.91 Å². The maximum Gasteiger partial charge on any atom is 0.243 e. The second kappa shape index (κ2) is 10.5. The molecule has 4 rings (SSSR count). The fourth-order valence-electron chi connectivity index (χ4n) is 4.43. The molecular formula is C24H28ClN5OS. The summed E-state index contributed by atoms with van der Waals surface area (Å²) in [6.07, 6.45) is 2.80. The summed E-state index contributed by atoms with van der Waals surface area (Å²) in [6.45, 7) is 4.82. The lowest BCUT2D eigenvalue weighted by Gasteiger charge is -2.29. The zero-order valence-corrected chi connectivity index (χ0v) is 19.8. The number of hydrogen-bond acceptors (Lipinski definition) is 6. The lowest BCUT2D eigenvalue weighted by atomic mass is 10.0. The van der Waals surface area contributed by atoms with E-state index < -0.39 is 0 Å². The fraction of sp³-hybridized carbons (Fsp3) is 0.417. The number of piperazine rings is 1. The third-order valence-electron chi connectivity index (χ3n) is 6.18. The third kappa shape index (κ3) is 4.98. The molecule has 1 amide bonds. The van der Waals surface area contributed by atoms with Crippen molar-refractivity contribution in [1.82, 2.24) is 10.6 Å². The van der Waals surface area contributed by atoms with Crippen LogP contribution in [0, 0.1) is 11.3 Å². The van der Waals surface area contributed by atoms with Gasteiger partial charge in [0.1, 0.15) is 12.6 Å². The topological polar surface area (TPSA) is 71.4 Å². The molecule has 0 saturated carbocycles. The van der Waals surface area contributed by atoms with Crippen molar-refractivity contribution in [3.8, 4) is 17.2 Å². The second-order valence-electron chi connectivity index (χ2n) is 8.09. The van der Waals surface area contributed by atoms with E-state index in [1.54, 1.807) is 11.8 Å². The molecule has 2 heterocycles. The molecule has 8 heteroatoms. The number of nitriles is 1. The molecule has 2 atom stereocenters. The number of carbonyl (C=O) groups is 1. The summed E-state index contributed by atoms with van der Waals surface area (Å²) in [5, 5.41) is 15.9. The summed E-state index contributed by atoms with van der Waals surface area (Å²) in [4.78, 5) is 17.2. The Bertz CT molecular complexity index is 987. The Hall–Kier alpha value is -2.40. The highest BCUT2D eigenvalue weighted by molar-refractivity contribution is 7.99. The lowest BCUT2D eigenvalue weighted by Crippen LogP contribution is -2.43. The number of anilines is 2. The van der Waals surface area contributed by atoms with Gasteiger partial charge in [0.15, 0.2) is 0 Å². The number of amides is 1. The Morgan fingerprint density at radius 1 is 1.22 bits per heavy atom. The van der Waals surface area contributed by atoms with E-state index in [0.29, 0.717) is 10.3 Å². The van der Waals surface area contributed by atoms with E-state index in [9.17, 15) is 4.79 Å². The molecule has 0 unspecified atom stereocenters. The normalized spacial score (nSPS) is 20.8. The Labute approximate surface area is 198 Å². The highest BCUT2D eigenvalue weighted by Gasteiger charge is 2.37. The van der Waals surface area contributed by atoms with Gasteiger partial charge in [-0.25, -0.2) is 0 Å². The molecule has 0 bridgehead atoms. The smallest absolute Gasteiger partial charge is 0.243 e. The summed E-state index contributed by atoms with van der Waals surface area (Å²) in [5.41, 5.74) is 4.29. The van der Waals surface area contributed by atoms with E-state index in [1.807, 2.05) is 18.2 Å². The van der Waals surface area contributed by atoms with Crippen molar-refractivity contribution in [2.24, 2.45) is 0 Å². The van der Waals surface area contributed by atoms with Gasteiger partial charge in [-0.3, -0.25) is 4.79 Å². The molecule has 168 valence electrons. The molecule has 0 aliphatic carbocycles. The minimum absolute atomic E-state index is 0.0142. The molecule has 0 spiro atoms. The van der Waals surface area contributed by atoms with Crippen LogP contribution in [0.4, 0.5) is 11.4 Å². The highest BCUT2D eigenvalue weighted by Crippen LogP contribution is 2.38. The van der Waals surface area contributed by atoms with Gasteiger partial charge in [-0.1, -0.05) is 29.8 Å². The molecule has 2 fully saturated rings. The molecule has 2 N–H and O–H groups in total. The average Bonchev–Trinajstić information content (AvgIpc) is 3.28. The van der Waals surface area contributed by atoms with Gasteiger partial charge >= 0.3 is 0 Å². The summed E-state index contributed by atoms with van der Waals surface area (Å²) in [7, 11) is 0. The molecule has 2 saturated heterocycles. The highest BCUT2D eigenvalue weighted by atomic mass is 35.5. The molecule has 2 aromatic rings. The summed E-state index contributed by atoms with van der Waals surface area (Å²) in [5.74, 6) is -0.120. The van der Waals surface area contributed by atoms with Crippen LogP contribution in [-0.2, 0) is 4.79 Å². The number of hydrogen-bond donors (Lipinski definition) is 2. The SMILES string of the molecule is CS[C@H]1C[C@@H](C(=O)NCC#N)N(c2cc(-c3ccc(N4CCNCC4)cc3)ccc2Cl)C1. The molecule has 2 aliphatic heterocycles. The second-order valence-corrected chi connectivity index (χ2v) is 9.63. The first-order valence-corrected chi connectivity index (χ1v) is 12.6. The maximum atomic E-state index is 12.7. The first kappa shape index (κ1) is 22.8. The zero-order chi connectivity index (χ0) is 22.5. The van der Waals surface area contributed by atoms with E-state index in [-0.39, 0.29) is 18.5 Å². The standard InChI is InChI=1S/C24H28ClN5OS/c1-32-20-15-23(24(31)28-9-8-26)30(16-20)22-14-18(4-7-21(22)25)17-2-5-19(6-3-17)29-12-10-27-11-13-29/h2-7,14,20,23,27H,9-13,15-16H2,1H3,(H,28,31)/t20-,23-/m0/s1. The monoisotopic (exact) mass is 469 g/mol. The number of benzene rings is 2. The van der Waals surface area contributed by atoms with E-state index >= 15 is 0 Å². The van der Waals surface area contributed by atoms with Crippen LogP contribution in [0.1, 0.15) is 6.42 Å². The predicted molar refractivity (Wildman–Crippen MR) is 134 cm³/mol. The van der Waals surface area contributed by atoms with Crippen LogP contribution in [0.25, 0.3) is 11.1 Å². The average molecular weight is 470 g/mol. The quantitative estimate of drug-likeness (QED) is 0.632. The molecular weight excluding hydrogens is 442 g/mol. The first-order valence-electron chi connectivity index (χ1n) is 10.9. The predicted octanol–water partition coefficient (Wildman–Crippen LogP) is 3.37. The molecule has 2 aliphatic rings. The van der Waals surface area contributed by atoms with Crippen LogP contribution in [0.2, 0.25) is 5.02 Å². The van der Waals surface area contributed by atoms with Crippen molar-refractivity contribution in [2.75, 3.05) is 55.3 Å². The summed E-state index contributed by atoms with van der Waals surface area (Å²) >= 11 is 8.37. The lowest BCUT2D eigenvalue weighted by molar-refractivity contribution is -0.121. The van der Waals surface area contributed by atoms with Crippen LogP contribution < -0.4 is 20.4 Å². The zero-order valence-electron chi connectivity index (χ0n) is 18.2. The Morgan fingerprint density at radius 2 is 1.94 bits per heavy atom. The van der Waals surface area contributed by atoms with Gasteiger partial charge in [0, 0.05) is 43.7 Å². The first-order chi connectivity index (χ1) is 15.6. The van der Waals surface area contributed by atoms with Gasteiger partial charge in [0.05, 0.1) is 16.8 Å². The van der Waals surface area contributed by atoms with Crippen LogP contribution in [0.3, 0.4) is 0 Å². The maximum absolute atomic E-state index is 12.7. The van der Waals surface area contributed by atoms with Crippen LogP contribution in [0.5, 0.6) is 0 Å². The van der Waals surface area contributed by atoms with E-state index in [2.05, 4.69) is 57.0 Å². The molecule has 2 aromatic carbocycles. The van der Waals surface area contributed by atoms with Crippen molar-refractivity contribution >= 4 is 40.6 Å². The van der Waals surface area contributed by atoms with Crippen molar-refractivity contribution in [3.63, 3.8) is 0 Å². The number of nitrogens with zero attached hydrogens (tertiary/aromatic N) is 3.